The Bertz CT molecular complexity index is 549. The molecule has 1 saturated carbocycles. The second kappa shape index (κ2) is 12.9. The van der Waals surface area contributed by atoms with Gasteiger partial charge in [-0.3, -0.25) is 0 Å². The first-order valence-corrected chi connectivity index (χ1v) is 14.1. The first-order chi connectivity index (χ1) is 15.1. The van der Waals surface area contributed by atoms with Crippen LogP contribution in [0.2, 0.25) is 0 Å². The lowest BCUT2D eigenvalue weighted by molar-refractivity contribution is -0.199. The van der Waals surface area contributed by atoms with Crippen LogP contribution in [-0.2, 0) is 4.74 Å². The fourth-order valence-electron chi connectivity index (χ4n) is 6.69. The van der Waals surface area contributed by atoms with E-state index in [1.54, 1.807) is 0 Å². The van der Waals surface area contributed by atoms with Gasteiger partial charge in [0.1, 0.15) is 0 Å². The van der Waals surface area contributed by atoms with Gasteiger partial charge in [0.25, 0.3) is 0 Å². The van der Waals surface area contributed by atoms with Crippen LogP contribution in [0.1, 0.15) is 126 Å². The number of fused-ring (bicyclic) bond motifs is 1. The molecule has 32 heavy (non-hydrogen) atoms. The van der Waals surface area contributed by atoms with Crippen molar-refractivity contribution in [1.29, 1.82) is 0 Å². The monoisotopic (exact) mass is 449 g/mol. The van der Waals surface area contributed by atoms with E-state index in [0.717, 1.165) is 24.2 Å². The van der Waals surface area contributed by atoms with Gasteiger partial charge >= 0.3 is 0 Å². The number of rotatable bonds is 13. The van der Waals surface area contributed by atoms with Crippen LogP contribution in [0.25, 0.3) is 0 Å². The zero-order valence-electron chi connectivity index (χ0n) is 22.7. The normalized spacial score (nSPS) is 37.2. The molecule has 0 N–H and O–H groups in total. The summed E-state index contributed by atoms with van der Waals surface area (Å²) in [5.74, 6) is 4.14. The van der Waals surface area contributed by atoms with Gasteiger partial charge in [-0.15, -0.1) is 0 Å². The summed E-state index contributed by atoms with van der Waals surface area (Å²) in [5, 5.41) is 3.51. The van der Waals surface area contributed by atoms with Gasteiger partial charge in [-0.1, -0.05) is 105 Å². The highest BCUT2D eigenvalue weighted by Crippen LogP contribution is 2.49. The third-order valence-electron chi connectivity index (χ3n) is 9.35. The molecular weight excluding hydrogens is 394 g/mol. The SMILES string of the molecule is CC(C)CCCC(C)CCCC(C)CCCC1(C)CC[C@@H]2C(C)C(N=O)[C@H](C)C(C)[C@@H]2O1. The molecule has 1 saturated heterocycles. The van der Waals surface area contributed by atoms with Gasteiger partial charge in [-0.05, 0) is 67.6 Å². The average molecular weight is 450 g/mol. The Morgan fingerprint density at radius 2 is 1.41 bits per heavy atom. The molecule has 0 bridgehead atoms. The minimum absolute atomic E-state index is 0.0148. The summed E-state index contributed by atoms with van der Waals surface area (Å²) < 4.78 is 6.83. The van der Waals surface area contributed by atoms with E-state index >= 15 is 0 Å². The van der Waals surface area contributed by atoms with E-state index in [1.165, 1.54) is 64.2 Å². The maximum absolute atomic E-state index is 11.4. The molecule has 0 amide bonds. The van der Waals surface area contributed by atoms with Crippen molar-refractivity contribution < 1.29 is 4.74 Å². The lowest BCUT2D eigenvalue weighted by atomic mass is 9.62. The molecule has 0 radical (unpaired) electrons. The molecule has 2 aliphatic rings. The Balaban J connectivity index is 1.69. The summed E-state index contributed by atoms with van der Waals surface area (Å²) in [6.45, 7) is 18.6. The molecule has 0 aromatic rings. The first kappa shape index (κ1) is 27.8. The molecule has 0 spiro atoms. The van der Waals surface area contributed by atoms with Crippen LogP contribution in [-0.4, -0.2) is 17.7 Å². The lowest BCUT2D eigenvalue weighted by Crippen LogP contribution is -2.55. The fraction of sp³-hybridized carbons (Fsp3) is 1.00. The van der Waals surface area contributed by atoms with Gasteiger partial charge < -0.3 is 4.74 Å². The van der Waals surface area contributed by atoms with Crippen LogP contribution in [0.15, 0.2) is 5.18 Å². The van der Waals surface area contributed by atoms with Gasteiger partial charge in [0, 0.05) is 0 Å². The van der Waals surface area contributed by atoms with Crippen LogP contribution in [0, 0.1) is 46.3 Å². The summed E-state index contributed by atoms with van der Waals surface area (Å²) in [4.78, 5) is 11.4. The standard InChI is InChI=1S/C29H55NO2/c1-20(2)12-9-13-21(3)14-10-15-22(4)16-11-18-29(8)19-17-26-25(7)27(30-31)23(5)24(6)28(26)32-29/h20-28H,9-19H2,1-8H3/t21?,22?,23-,24?,25?,26-,27?,28+,29?/m1/s1. The van der Waals surface area contributed by atoms with Crippen molar-refractivity contribution in [1.82, 2.24) is 0 Å². The third-order valence-corrected chi connectivity index (χ3v) is 9.35. The second-order valence-electron chi connectivity index (χ2n) is 12.8. The smallest absolute Gasteiger partial charge is 0.0977 e. The Hall–Kier alpha value is -0.440. The van der Waals surface area contributed by atoms with E-state index < -0.39 is 0 Å². The highest BCUT2D eigenvalue weighted by atomic mass is 16.5. The predicted molar refractivity (Wildman–Crippen MR) is 138 cm³/mol. The number of nitrogens with zero attached hydrogens (tertiary/aromatic N) is 1. The zero-order chi connectivity index (χ0) is 23.9. The van der Waals surface area contributed by atoms with Crippen molar-refractivity contribution in [3.63, 3.8) is 0 Å². The predicted octanol–water partition coefficient (Wildman–Crippen LogP) is 9.04. The highest BCUT2D eigenvalue weighted by Gasteiger charge is 2.51. The van der Waals surface area contributed by atoms with Crippen molar-refractivity contribution in [2.24, 2.45) is 46.6 Å². The molecule has 3 nitrogen and oxygen atoms in total. The summed E-state index contributed by atoms with van der Waals surface area (Å²) in [5.41, 5.74) is 0.0148. The molecule has 1 aliphatic heterocycles. The second-order valence-corrected chi connectivity index (χ2v) is 12.8. The fourth-order valence-corrected chi connectivity index (χ4v) is 6.69. The number of hydrogen-bond donors (Lipinski definition) is 0. The van der Waals surface area contributed by atoms with E-state index in [9.17, 15) is 4.91 Å². The van der Waals surface area contributed by atoms with Crippen LogP contribution in [0.4, 0.5) is 0 Å². The average Bonchev–Trinajstić information content (AvgIpc) is 2.72. The van der Waals surface area contributed by atoms with Crippen molar-refractivity contribution in [2.45, 2.75) is 144 Å². The summed E-state index contributed by atoms with van der Waals surface area (Å²) >= 11 is 0. The molecule has 188 valence electrons. The lowest BCUT2D eigenvalue weighted by Gasteiger charge is -2.53. The molecule has 1 aliphatic carbocycles. The first-order valence-electron chi connectivity index (χ1n) is 14.1. The molecular formula is C29H55NO2. The van der Waals surface area contributed by atoms with E-state index in [-0.39, 0.29) is 11.6 Å². The largest absolute Gasteiger partial charge is 0.371 e. The molecule has 0 aromatic heterocycles. The molecule has 6 unspecified atom stereocenters. The van der Waals surface area contributed by atoms with Crippen LogP contribution >= 0.6 is 0 Å². The van der Waals surface area contributed by atoms with E-state index in [1.807, 2.05) is 0 Å². The number of nitroso groups, excluding NO2 is 1. The van der Waals surface area contributed by atoms with Crippen LogP contribution in [0.5, 0.6) is 0 Å². The van der Waals surface area contributed by atoms with E-state index in [2.05, 4.69) is 60.6 Å². The maximum Gasteiger partial charge on any atom is 0.0977 e. The van der Waals surface area contributed by atoms with Crippen molar-refractivity contribution >= 4 is 0 Å². The third kappa shape index (κ3) is 7.81. The molecule has 2 fully saturated rings. The minimum atomic E-state index is -0.0435. The minimum Gasteiger partial charge on any atom is -0.371 e. The van der Waals surface area contributed by atoms with Crippen molar-refractivity contribution in [2.75, 3.05) is 0 Å². The van der Waals surface area contributed by atoms with Gasteiger partial charge in [0.15, 0.2) is 0 Å². The summed E-state index contributed by atoms with van der Waals surface area (Å²) in [6.07, 6.45) is 14.8. The Kier molecular flexibility index (Phi) is 11.2. The number of ether oxygens (including phenoxy) is 1. The topological polar surface area (TPSA) is 38.7 Å². The maximum atomic E-state index is 11.4. The summed E-state index contributed by atoms with van der Waals surface area (Å²) in [6, 6.07) is -0.0435. The Labute approximate surface area is 200 Å². The molecule has 0 aromatic carbocycles. The van der Waals surface area contributed by atoms with Crippen LogP contribution in [0.3, 0.4) is 0 Å². The van der Waals surface area contributed by atoms with Crippen molar-refractivity contribution in [3.05, 3.63) is 4.91 Å². The molecule has 2 rings (SSSR count). The zero-order valence-corrected chi connectivity index (χ0v) is 22.7. The Morgan fingerprint density at radius 3 is 1.97 bits per heavy atom. The highest BCUT2D eigenvalue weighted by molar-refractivity contribution is 5.01. The van der Waals surface area contributed by atoms with E-state index in [4.69, 9.17) is 4.74 Å². The van der Waals surface area contributed by atoms with Gasteiger partial charge in [-0.2, -0.15) is 4.91 Å². The van der Waals surface area contributed by atoms with Gasteiger partial charge in [0.05, 0.1) is 17.7 Å². The summed E-state index contributed by atoms with van der Waals surface area (Å²) in [7, 11) is 0. The van der Waals surface area contributed by atoms with Gasteiger partial charge in [-0.25, -0.2) is 0 Å². The number of hydrogen-bond acceptors (Lipinski definition) is 3. The van der Waals surface area contributed by atoms with Gasteiger partial charge in [0.2, 0.25) is 0 Å². The quantitative estimate of drug-likeness (QED) is 0.263. The van der Waals surface area contributed by atoms with E-state index in [0.29, 0.717) is 29.8 Å². The van der Waals surface area contributed by atoms with Crippen LogP contribution < -0.4 is 0 Å². The molecule has 9 atom stereocenters. The molecule has 3 heteroatoms. The molecule has 1 heterocycles. The Morgan fingerprint density at radius 1 is 0.844 bits per heavy atom. The van der Waals surface area contributed by atoms with Crippen molar-refractivity contribution in [3.8, 4) is 0 Å².